The maximum Gasteiger partial charge on any atom is 0.326 e. The highest BCUT2D eigenvalue weighted by atomic mass is 19.1. The summed E-state index contributed by atoms with van der Waals surface area (Å²) in [4.78, 5) is 32.6. The zero-order valence-corrected chi connectivity index (χ0v) is 12.7. The van der Waals surface area contributed by atoms with Crippen molar-refractivity contribution in [1.82, 2.24) is 9.97 Å². The van der Waals surface area contributed by atoms with E-state index in [-0.39, 0.29) is 12.2 Å². The smallest absolute Gasteiger partial charge is 0.326 e. The van der Waals surface area contributed by atoms with Crippen LogP contribution < -0.4 is 10.2 Å². The highest BCUT2D eigenvalue weighted by Crippen LogP contribution is 2.14. The topological polar surface area (TPSA) is 84.4 Å². The Hall–Kier alpha value is -3.10. The summed E-state index contributed by atoms with van der Waals surface area (Å²) >= 11 is 0. The summed E-state index contributed by atoms with van der Waals surface area (Å²) in [5.74, 6) is -2.78. The Morgan fingerprint density at radius 3 is 2.62 bits per heavy atom. The largest absolute Gasteiger partial charge is 0.454 e. The Bertz CT molecular complexity index is 728. The lowest BCUT2D eigenvalue weighted by Gasteiger charge is -2.15. The minimum Gasteiger partial charge on any atom is -0.454 e. The first-order valence-electron chi connectivity index (χ1n) is 6.84. The second-order valence-electron chi connectivity index (χ2n) is 4.74. The number of anilines is 2. The van der Waals surface area contributed by atoms with Gasteiger partial charge in [0.1, 0.15) is 18.2 Å². The molecule has 0 aliphatic rings. The first-order valence-corrected chi connectivity index (χ1v) is 6.84. The number of benzene rings is 1. The number of nitrogens with zero attached hydrogens (tertiary/aromatic N) is 3. The number of ether oxygens (including phenoxy) is 1. The molecule has 1 amide bonds. The number of hydrogen-bond acceptors (Lipinski definition) is 6. The van der Waals surface area contributed by atoms with Crippen LogP contribution in [0.1, 0.15) is 0 Å². The number of amides is 1. The molecule has 2 rings (SSSR count). The second-order valence-corrected chi connectivity index (χ2v) is 4.74. The normalized spacial score (nSPS) is 10.1. The molecule has 0 spiro atoms. The van der Waals surface area contributed by atoms with Gasteiger partial charge in [-0.05, 0) is 18.2 Å². The molecule has 7 nitrogen and oxygen atoms in total. The number of esters is 1. The average molecular weight is 336 g/mol. The van der Waals surface area contributed by atoms with E-state index in [1.807, 2.05) is 0 Å². The third-order valence-corrected chi connectivity index (χ3v) is 2.83. The first kappa shape index (κ1) is 17.3. The molecule has 0 aliphatic carbocycles. The van der Waals surface area contributed by atoms with Crippen molar-refractivity contribution in [2.75, 3.05) is 30.4 Å². The molecular formula is C15H14F2N4O3. The quantitative estimate of drug-likeness (QED) is 0.802. The van der Waals surface area contributed by atoms with E-state index >= 15 is 0 Å². The van der Waals surface area contributed by atoms with Crippen LogP contribution in [0.3, 0.4) is 0 Å². The Labute approximate surface area is 136 Å². The van der Waals surface area contributed by atoms with Crippen LogP contribution in [0, 0.1) is 11.6 Å². The zero-order chi connectivity index (χ0) is 17.5. The fourth-order valence-electron chi connectivity index (χ4n) is 1.72. The van der Waals surface area contributed by atoms with Crippen LogP contribution in [0.2, 0.25) is 0 Å². The molecule has 0 fully saturated rings. The molecule has 1 N–H and O–H groups in total. The molecular weight excluding hydrogens is 322 g/mol. The van der Waals surface area contributed by atoms with Crippen molar-refractivity contribution >= 4 is 23.5 Å². The molecule has 24 heavy (non-hydrogen) atoms. The van der Waals surface area contributed by atoms with Crippen LogP contribution in [0.25, 0.3) is 0 Å². The number of aromatic nitrogens is 2. The average Bonchev–Trinajstić information content (AvgIpc) is 2.56. The number of likely N-dealkylation sites (N-methyl/N-ethyl adjacent to an activating group) is 1. The van der Waals surface area contributed by atoms with Gasteiger partial charge in [0.25, 0.3) is 5.91 Å². The van der Waals surface area contributed by atoms with Crippen molar-refractivity contribution in [3.05, 3.63) is 48.3 Å². The van der Waals surface area contributed by atoms with E-state index in [0.717, 1.165) is 12.1 Å². The molecule has 0 saturated heterocycles. The fourth-order valence-corrected chi connectivity index (χ4v) is 1.72. The molecule has 1 heterocycles. The van der Waals surface area contributed by atoms with E-state index in [1.54, 1.807) is 13.1 Å². The summed E-state index contributed by atoms with van der Waals surface area (Å²) in [6.07, 6.45) is 3.05. The SMILES string of the molecule is CN(CC(=O)OCC(=O)Nc1ccc(F)cc1F)c1ncccn1. The maximum atomic E-state index is 13.4. The minimum absolute atomic E-state index is 0.164. The van der Waals surface area contributed by atoms with Crippen LogP contribution in [0.15, 0.2) is 36.7 Å². The molecule has 0 atom stereocenters. The molecule has 0 aliphatic heterocycles. The van der Waals surface area contributed by atoms with Gasteiger partial charge >= 0.3 is 5.97 Å². The third kappa shape index (κ3) is 4.97. The van der Waals surface area contributed by atoms with E-state index < -0.39 is 30.1 Å². The van der Waals surface area contributed by atoms with Gasteiger partial charge in [-0.2, -0.15) is 0 Å². The highest BCUT2D eigenvalue weighted by molar-refractivity contribution is 5.93. The summed E-state index contributed by atoms with van der Waals surface area (Å²) in [6.45, 7) is -0.763. The van der Waals surface area contributed by atoms with Crippen LogP contribution in [0.5, 0.6) is 0 Å². The predicted octanol–water partition coefficient (Wildman–Crippen LogP) is 1.37. The van der Waals surface area contributed by atoms with Gasteiger partial charge in [-0.3, -0.25) is 9.59 Å². The van der Waals surface area contributed by atoms with Crippen molar-refractivity contribution in [2.24, 2.45) is 0 Å². The molecule has 0 radical (unpaired) electrons. The molecule has 1 aromatic heterocycles. The molecule has 1 aromatic carbocycles. The van der Waals surface area contributed by atoms with Crippen LogP contribution in [-0.4, -0.2) is 42.0 Å². The first-order chi connectivity index (χ1) is 11.5. The van der Waals surface area contributed by atoms with Gasteiger partial charge in [-0.25, -0.2) is 18.7 Å². The molecule has 0 saturated carbocycles. The van der Waals surface area contributed by atoms with Crippen molar-refractivity contribution in [3.8, 4) is 0 Å². The summed E-state index contributed by atoms with van der Waals surface area (Å²) < 4.78 is 30.9. The highest BCUT2D eigenvalue weighted by Gasteiger charge is 2.13. The van der Waals surface area contributed by atoms with Crippen LogP contribution >= 0.6 is 0 Å². The lowest BCUT2D eigenvalue weighted by Crippen LogP contribution is -2.30. The Morgan fingerprint density at radius 2 is 1.96 bits per heavy atom. The number of halogens is 2. The van der Waals surface area contributed by atoms with Crippen LogP contribution in [-0.2, 0) is 14.3 Å². The number of rotatable bonds is 6. The Kier molecular flexibility index (Phi) is 5.72. The molecule has 9 heteroatoms. The third-order valence-electron chi connectivity index (χ3n) is 2.83. The van der Waals surface area contributed by atoms with Crippen molar-refractivity contribution in [1.29, 1.82) is 0 Å². The number of hydrogen-bond donors (Lipinski definition) is 1. The number of carbonyl (C=O) groups excluding carboxylic acids is 2. The van der Waals surface area contributed by atoms with Crippen LogP contribution in [0.4, 0.5) is 20.4 Å². The van der Waals surface area contributed by atoms with Gasteiger partial charge in [0.05, 0.1) is 5.69 Å². The maximum absolute atomic E-state index is 13.4. The van der Waals surface area contributed by atoms with Crippen molar-refractivity contribution in [2.45, 2.75) is 0 Å². The lowest BCUT2D eigenvalue weighted by atomic mass is 10.3. The monoisotopic (exact) mass is 336 g/mol. The summed E-state index contributed by atoms with van der Waals surface area (Å²) in [5.41, 5.74) is -0.202. The van der Waals surface area contributed by atoms with E-state index in [0.29, 0.717) is 12.0 Å². The van der Waals surface area contributed by atoms with E-state index in [9.17, 15) is 18.4 Å². The van der Waals surface area contributed by atoms with Gasteiger partial charge in [-0.15, -0.1) is 0 Å². The standard InChI is InChI=1S/C15H14F2N4O3/c1-21(15-18-5-2-6-19-15)8-14(23)24-9-13(22)20-12-4-3-10(16)7-11(12)17/h2-7H,8-9H2,1H3,(H,20,22). The fraction of sp³-hybridized carbons (Fsp3) is 0.200. The predicted molar refractivity (Wildman–Crippen MR) is 81.2 cm³/mol. The van der Waals surface area contributed by atoms with Gasteiger partial charge in [-0.1, -0.05) is 0 Å². The number of nitrogens with one attached hydrogen (secondary N) is 1. The Balaban J connectivity index is 1.80. The number of carbonyl (C=O) groups is 2. The van der Waals surface area contributed by atoms with Gasteiger partial charge in [0, 0.05) is 25.5 Å². The van der Waals surface area contributed by atoms with Gasteiger partial charge in [0.15, 0.2) is 6.61 Å². The molecule has 2 aromatic rings. The summed E-state index contributed by atoms with van der Waals surface area (Å²) in [6, 6.07) is 4.34. The lowest BCUT2D eigenvalue weighted by molar-refractivity contribution is -0.145. The van der Waals surface area contributed by atoms with Gasteiger partial charge in [0.2, 0.25) is 5.95 Å². The minimum atomic E-state index is -0.921. The second kappa shape index (κ2) is 7.95. The van der Waals surface area contributed by atoms with E-state index in [2.05, 4.69) is 15.3 Å². The zero-order valence-electron chi connectivity index (χ0n) is 12.7. The van der Waals surface area contributed by atoms with E-state index in [1.165, 1.54) is 17.3 Å². The Morgan fingerprint density at radius 1 is 1.25 bits per heavy atom. The van der Waals surface area contributed by atoms with E-state index in [4.69, 9.17) is 4.74 Å². The van der Waals surface area contributed by atoms with Crippen molar-refractivity contribution < 1.29 is 23.1 Å². The molecule has 126 valence electrons. The van der Waals surface area contributed by atoms with Crippen molar-refractivity contribution in [3.63, 3.8) is 0 Å². The molecule has 0 unspecified atom stereocenters. The van der Waals surface area contributed by atoms with Gasteiger partial charge < -0.3 is 15.0 Å². The summed E-state index contributed by atoms with van der Waals surface area (Å²) in [7, 11) is 1.59. The molecule has 0 bridgehead atoms. The summed E-state index contributed by atoms with van der Waals surface area (Å²) in [5, 5.41) is 2.18.